The number of ketones is 2. The Balaban J connectivity index is 2.29. The van der Waals surface area contributed by atoms with E-state index >= 15 is 0 Å². The van der Waals surface area contributed by atoms with Gasteiger partial charge in [0.1, 0.15) is 0 Å². The molecule has 0 N–H and O–H groups in total. The van der Waals surface area contributed by atoms with E-state index in [-0.39, 0.29) is 11.8 Å². The van der Waals surface area contributed by atoms with Crippen LogP contribution in [0.15, 0.2) is 23.3 Å². The standard InChI is InChI=1S/C22H34O2/c1-13(2)17-9-7-15(5)19(21(17)23)11-12-20-16(6)8-10-18(14(3)4)22(20)24/h11-18H,7-10H2,1-6H3/b19-11-,20-12-/t15-,16-,17-,18-/m0/s1. The number of Topliss-reactive ketones (excluding diaryl/α,β-unsaturated/α-hetero) is 2. The van der Waals surface area contributed by atoms with Gasteiger partial charge in [-0.2, -0.15) is 0 Å². The van der Waals surface area contributed by atoms with Crippen molar-refractivity contribution in [2.45, 2.75) is 67.2 Å². The second kappa shape index (κ2) is 7.80. The van der Waals surface area contributed by atoms with Crippen LogP contribution in [0.3, 0.4) is 0 Å². The third-order valence-corrected chi connectivity index (χ3v) is 6.18. The minimum absolute atomic E-state index is 0.147. The van der Waals surface area contributed by atoms with Gasteiger partial charge in [0.15, 0.2) is 11.6 Å². The van der Waals surface area contributed by atoms with Crippen molar-refractivity contribution in [3.8, 4) is 0 Å². The molecule has 0 aromatic carbocycles. The van der Waals surface area contributed by atoms with Gasteiger partial charge >= 0.3 is 0 Å². The Labute approximate surface area is 147 Å². The normalized spacial score (nSPS) is 35.5. The summed E-state index contributed by atoms with van der Waals surface area (Å²) in [7, 11) is 0. The SMILES string of the molecule is CC(C)[C@@H]1CC[C@H](C)/C(=C/C=C2\C(=O)[C@H](C(C)C)CC[C@@H]2C)C1=O. The number of carbonyl (C=O) groups is 2. The largest absolute Gasteiger partial charge is 0.294 e. The Kier molecular flexibility index (Phi) is 6.22. The number of allylic oxidation sites excluding steroid dienone is 4. The van der Waals surface area contributed by atoms with Gasteiger partial charge in [-0.05, 0) is 60.5 Å². The van der Waals surface area contributed by atoms with Crippen LogP contribution in [0.1, 0.15) is 67.2 Å². The fourth-order valence-electron chi connectivity index (χ4n) is 4.29. The summed E-state index contributed by atoms with van der Waals surface area (Å²) in [6.07, 6.45) is 8.10. The smallest absolute Gasteiger partial charge is 0.162 e. The van der Waals surface area contributed by atoms with Crippen molar-refractivity contribution >= 4 is 11.6 Å². The van der Waals surface area contributed by atoms with Crippen LogP contribution in [-0.4, -0.2) is 11.6 Å². The average Bonchev–Trinajstić information content (AvgIpc) is 2.48. The van der Waals surface area contributed by atoms with E-state index in [2.05, 4.69) is 41.5 Å². The van der Waals surface area contributed by atoms with Gasteiger partial charge in [0, 0.05) is 11.8 Å². The molecule has 2 aliphatic carbocycles. The summed E-state index contributed by atoms with van der Waals surface area (Å²) in [4.78, 5) is 25.6. The highest BCUT2D eigenvalue weighted by Gasteiger charge is 2.34. The Morgan fingerprint density at radius 2 is 1.04 bits per heavy atom. The van der Waals surface area contributed by atoms with E-state index in [9.17, 15) is 9.59 Å². The lowest BCUT2D eigenvalue weighted by atomic mass is 9.72. The quantitative estimate of drug-likeness (QED) is 0.651. The topological polar surface area (TPSA) is 34.1 Å². The van der Waals surface area contributed by atoms with E-state index in [1.54, 1.807) is 0 Å². The van der Waals surface area contributed by atoms with Crippen molar-refractivity contribution in [2.24, 2.45) is 35.5 Å². The van der Waals surface area contributed by atoms with Crippen molar-refractivity contribution in [2.75, 3.05) is 0 Å². The molecule has 0 unspecified atom stereocenters. The van der Waals surface area contributed by atoms with E-state index < -0.39 is 0 Å². The average molecular weight is 331 g/mol. The molecule has 4 atom stereocenters. The molecular formula is C22H34O2. The zero-order valence-electron chi connectivity index (χ0n) is 16.3. The van der Waals surface area contributed by atoms with Gasteiger partial charge in [-0.1, -0.05) is 53.7 Å². The molecular weight excluding hydrogens is 296 g/mol. The Morgan fingerprint density at radius 1 is 0.708 bits per heavy atom. The second-order valence-electron chi connectivity index (χ2n) is 8.63. The van der Waals surface area contributed by atoms with E-state index in [1.165, 1.54) is 0 Å². The molecule has 0 aliphatic heterocycles. The zero-order chi connectivity index (χ0) is 18.0. The summed E-state index contributed by atoms with van der Waals surface area (Å²) in [5.41, 5.74) is 1.86. The molecule has 2 aliphatic rings. The minimum Gasteiger partial charge on any atom is -0.294 e. The second-order valence-corrected chi connectivity index (χ2v) is 8.63. The van der Waals surface area contributed by atoms with E-state index in [0.29, 0.717) is 35.2 Å². The summed E-state index contributed by atoms with van der Waals surface area (Å²) in [5, 5.41) is 0. The van der Waals surface area contributed by atoms with Gasteiger partial charge in [-0.15, -0.1) is 0 Å². The maximum atomic E-state index is 12.8. The van der Waals surface area contributed by atoms with Crippen LogP contribution in [0.5, 0.6) is 0 Å². The van der Waals surface area contributed by atoms with Gasteiger partial charge in [-0.25, -0.2) is 0 Å². The van der Waals surface area contributed by atoms with Crippen molar-refractivity contribution in [1.29, 1.82) is 0 Å². The number of hydrogen-bond acceptors (Lipinski definition) is 2. The third kappa shape index (κ3) is 3.90. The highest BCUT2D eigenvalue weighted by atomic mass is 16.1. The summed E-state index contributed by atoms with van der Waals surface area (Å²) in [6.45, 7) is 12.8. The van der Waals surface area contributed by atoms with Gasteiger partial charge < -0.3 is 0 Å². The zero-order valence-corrected chi connectivity index (χ0v) is 16.3. The van der Waals surface area contributed by atoms with Crippen LogP contribution >= 0.6 is 0 Å². The Hall–Kier alpha value is -1.18. The van der Waals surface area contributed by atoms with Crippen LogP contribution in [0, 0.1) is 35.5 Å². The highest BCUT2D eigenvalue weighted by Crippen LogP contribution is 2.36. The molecule has 0 heterocycles. The highest BCUT2D eigenvalue weighted by molar-refractivity contribution is 6.01. The number of hydrogen-bond donors (Lipinski definition) is 0. The number of rotatable bonds is 3. The molecule has 0 saturated heterocycles. The molecule has 134 valence electrons. The fourth-order valence-corrected chi connectivity index (χ4v) is 4.29. The van der Waals surface area contributed by atoms with Crippen molar-refractivity contribution in [3.05, 3.63) is 23.3 Å². The van der Waals surface area contributed by atoms with E-state index in [4.69, 9.17) is 0 Å². The molecule has 2 saturated carbocycles. The van der Waals surface area contributed by atoms with E-state index in [1.807, 2.05) is 12.2 Å². The van der Waals surface area contributed by atoms with Crippen LogP contribution in [-0.2, 0) is 9.59 Å². The van der Waals surface area contributed by atoms with Gasteiger partial charge in [0.2, 0.25) is 0 Å². The maximum Gasteiger partial charge on any atom is 0.162 e. The number of carbonyl (C=O) groups excluding carboxylic acids is 2. The molecule has 2 nitrogen and oxygen atoms in total. The fraction of sp³-hybridized carbons (Fsp3) is 0.727. The lowest BCUT2D eigenvalue weighted by Gasteiger charge is -2.31. The molecule has 0 radical (unpaired) electrons. The lowest BCUT2D eigenvalue weighted by Crippen LogP contribution is -2.31. The predicted molar refractivity (Wildman–Crippen MR) is 99.6 cm³/mol. The van der Waals surface area contributed by atoms with Gasteiger partial charge in [-0.3, -0.25) is 9.59 Å². The lowest BCUT2D eigenvalue weighted by molar-refractivity contribution is -0.123. The van der Waals surface area contributed by atoms with Crippen LogP contribution in [0.2, 0.25) is 0 Å². The first-order valence-electron chi connectivity index (χ1n) is 9.74. The monoisotopic (exact) mass is 330 g/mol. The van der Waals surface area contributed by atoms with E-state index in [0.717, 1.165) is 36.8 Å². The van der Waals surface area contributed by atoms with Crippen molar-refractivity contribution in [3.63, 3.8) is 0 Å². The molecule has 2 heteroatoms. The Morgan fingerprint density at radius 3 is 1.33 bits per heavy atom. The van der Waals surface area contributed by atoms with Crippen LogP contribution < -0.4 is 0 Å². The molecule has 2 rings (SSSR count). The first-order chi connectivity index (χ1) is 11.2. The molecule has 0 aromatic heterocycles. The Bertz CT molecular complexity index is 500. The van der Waals surface area contributed by atoms with Gasteiger partial charge in [0.05, 0.1) is 0 Å². The summed E-state index contributed by atoms with van der Waals surface area (Å²) in [5.74, 6) is 2.29. The molecule has 0 amide bonds. The van der Waals surface area contributed by atoms with Gasteiger partial charge in [0.25, 0.3) is 0 Å². The maximum absolute atomic E-state index is 12.8. The minimum atomic E-state index is 0.147. The van der Waals surface area contributed by atoms with Crippen molar-refractivity contribution < 1.29 is 9.59 Å². The molecule has 24 heavy (non-hydrogen) atoms. The first-order valence-corrected chi connectivity index (χ1v) is 9.74. The molecule has 0 aromatic rings. The summed E-state index contributed by atoms with van der Waals surface area (Å²) in [6, 6.07) is 0. The molecule has 0 bridgehead atoms. The summed E-state index contributed by atoms with van der Waals surface area (Å²) >= 11 is 0. The van der Waals surface area contributed by atoms with Crippen molar-refractivity contribution in [1.82, 2.24) is 0 Å². The summed E-state index contributed by atoms with van der Waals surface area (Å²) < 4.78 is 0. The molecule has 2 fully saturated rings. The van der Waals surface area contributed by atoms with Crippen LogP contribution in [0.25, 0.3) is 0 Å². The predicted octanol–water partition coefficient (Wildman–Crippen LogP) is 5.38. The first kappa shape index (κ1) is 19.1. The third-order valence-electron chi connectivity index (χ3n) is 6.18. The molecule has 0 spiro atoms. The van der Waals surface area contributed by atoms with Crippen LogP contribution in [0.4, 0.5) is 0 Å².